The Morgan fingerprint density at radius 3 is 2.91 bits per heavy atom. The molecule has 0 spiro atoms. The summed E-state index contributed by atoms with van der Waals surface area (Å²) >= 11 is 0. The fourth-order valence-corrected chi connectivity index (χ4v) is 3.13. The largest absolute Gasteiger partial charge is 0.395 e. The second-order valence-electron chi connectivity index (χ2n) is 5.85. The van der Waals surface area contributed by atoms with Gasteiger partial charge in [0.2, 0.25) is 0 Å². The maximum Gasteiger partial charge on any atom is 0.251 e. The molecule has 23 heavy (non-hydrogen) atoms. The lowest BCUT2D eigenvalue weighted by Crippen LogP contribution is -2.26. The van der Waals surface area contributed by atoms with E-state index < -0.39 is 0 Å². The molecule has 0 radical (unpaired) electrons. The lowest BCUT2D eigenvalue weighted by atomic mass is 9.87. The second-order valence-corrected chi connectivity index (χ2v) is 5.85. The standard InChI is InChI=1S/C19H22N2O2/c22-12-11-20-19(23)15-7-3-8-16(13-15)21-18-10-4-6-14-5-1-2-9-17(14)18/h1-3,5,7-9,13,18,21-22H,4,6,10-12H2,(H,20,23). The molecule has 0 heterocycles. The summed E-state index contributed by atoms with van der Waals surface area (Å²) in [7, 11) is 0. The highest BCUT2D eigenvalue weighted by atomic mass is 16.3. The third-order valence-corrected chi connectivity index (χ3v) is 4.23. The van der Waals surface area contributed by atoms with Gasteiger partial charge in [-0.2, -0.15) is 0 Å². The van der Waals surface area contributed by atoms with Crippen molar-refractivity contribution in [2.24, 2.45) is 0 Å². The van der Waals surface area contributed by atoms with Gasteiger partial charge in [-0.25, -0.2) is 0 Å². The maximum atomic E-state index is 12.0. The molecule has 2 aromatic carbocycles. The predicted molar refractivity (Wildman–Crippen MR) is 91.6 cm³/mol. The van der Waals surface area contributed by atoms with E-state index in [1.807, 2.05) is 18.2 Å². The smallest absolute Gasteiger partial charge is 0.251 e. The molecular formula is C19H22N2O2. The summed E-state index contributed by atoms with van der Waals surface area (Å²) in [6.45, 7) is 0.217. The summed E-state index contributed by atoms with van der Waals surface area (Å²) in [5.41, 5.74) is 4.32. The van der Waals surface area contributed by atoms with Crippen LogP contribution in [0.5, 0.6) is 0 Å². The van der Waals surface area contributed by atoms with Crippen molar-refractivity contribution in [1.82, 2.24) is 5.32 Å². The first-order valence-electron chi connectivity index (χ1n) is 8.11. The summed E-state index contributed by atoms with van der Waals surface area (Å²) in [6, 6.07) is 16.4. The quantitative estimate of drug-likeness (QED) is 0.796. The Hall–Kier alpha value is -2.33. The zero-order valence-corrected chi connectivity index (χ0v) is 13.1. The third-order valence-electron chi connectivity index (χ3n) is 4.23. The molecular weight excluding hydrogens is 288 g/mol. The van der Waals surface area contributed by atoms with Gasteiger partial charge in [0.15, 0.2) is 0 Å². The number of benzene rings is 2. The van der Waals surface area contributed by atoms with Crippen LogP contribution in [-0.2, 0) is 6.42 Å². The van der Waals surface area contributed by atoms with Crippen molar-refractivity contribution in [2.75, 3.05) is 18.5 Å². The summed E-state index contributed by atoms with van der Waals surface area (Å²) in [6.07, 6.45) is 3.40. The fourth-order valence-electron chi connectivity index (χ4n) is 3.13. The third kappa shape index (κ3) is 3.71. The van der Waals surface area contributed by atoms with Gasteiger partial charge in [-0.05, 0) is 48.6 Å². The molecule has 0 fully saturated rings. The van der Waals surface area contributed by atoms with Gasteiger partial charge < -0.3 is 15.7 Å². The zero-order chi connectivity index (χ0) is 16.1. The van der Waals surface area contributed by atoms with E-state index in [1.54, 1.807) is 6.07 Å². The molecule has 4 heteroatoms. The highest BCUT2D eigenvalue weighted by molar-refractivity contribution is 5.95. The van der Waals surface area contributed by atoms with Crippen molar-refractivity contribution in [2.45, 2.75) is 25.3 Å². The van der Waals surface area contributed by atoms with Gasteiger partial charge in [-0.3, -0.25) is 4.79 Å². The molecule has 1 aliphatic carbocycles. The van der Waals surface area contributed by atoms with E-state index in [2.05, 4.69) is 34.9 Å². The molecule has 0 aliphatic heterocycles. The lowest BCUT2D eigenvalue weighted by molar-refractivity contribution is 0.0945. The minimum absolute atomic E-state index is 0.0530. The minimum Gasteiger partial charge on any atom is -0.395 e. The number of carbonyl (C=O) groups excluding carboxylic acids is 1. The summed E-state index contributed by atoms with van der Waals surface area (Å²) in [5.74, 6) is -0.160. The normalized spacial score (nSPS) is 16.5. The number of hydrogen-bond donors (Lipinski definition) is 3. The number of fused-ring (bicyclic) bond motifs is 1. The molecule has 1 aliphatic rings. The van der Waals surface area contributed by atoms with Gasteiger partial charge >= 0.3 is 0 Å². The Kier molecular flexibility index (Phi) is 4.93. The molecule has 2 aromatic rings. The Bertz CT molecular complexity index is 685. The van der Waals surface area contributed by atoms with Crippen LogP contribution in [0.4, 0.5) is 5.69 Å². The van der Waals surface area contributed by atoms with E-state index in [9.17, 15) is 4.79 Å². The molecule has 4 nitrogen and oxygen atoms in total. The van der Waals surface area contributed by atoms with E-state index in [-0.39, 0.29) is 25.1 Å². The first kappa shape index (κ1) is 15.6. The number of aryl methyl sites for hydroxylation is 1. The average Bonchev–Trinajstić information content (AvgIpc) is 2.60. The predicted octanol–water partition coefficient (Wildman–Crippen LogP) is 2.90. The molecule has 0 aromatic heterocycles. The Balaban J connectivity index is 1.75. The van der Waals surface area contributed by atoms with E-state index in [0.717, 1.165) is 18.5 Å². The average molecular weight is 310 g/mol. The number of amides is 1. The topological polar surface area (TPSA) is 61.4 Å². The SMILES string of the molecule is O=C(NCCO)c1cccc(NC2CCCc3ccccc32)c1. The summed E-state index contributed by atoms with van der Waals surface area (Å²) < 4.78 is 0. The van der Waals surface area contributed by atoms with Gasteiger partial charge in [-0.15, -0.1) is 0 Å². The lowest BCUT2D eigenvalue weighted by Gasteiger charge is -2.27. The van der Waals surface area contributed by atoms with Crippen LogP contribution in [0.1, 0.15) is 40.4 Å². The molecule has 1 atom stereocenters. The summed E-state index contributed by atoms with van der Waals surface area (Å²) in [5, 5.41) is 15.0. The Morgan fingerprint density at radius 2 is 2.04 bits per heavy atom. The first-order valence-corrected chi connectivity index (χ1v) is 8.11. The van der Waals surface area contributed by atoms with Crippen molar-refractivity contribution in [3.05, 3.63) is 65.2 Å². The van der Waals surface area contributed by atoms with Crippen molar-refractivity contribution >= 4 is 11.6 Å². The van der Waals surface area contributed by atoms with Gasteiger partial charge in [0.1, 0.15) is 0 Å². The molecule has 0 saturated carbocycles. The fraction of sp³-hybridized carbons (Fsp3) is 0.316. The molecule has 3 rings (SSSR count). The van der Waals surface area contributed by atoms with E-state index in [0.29, 0.717) is 5.56 Å². The number of carbonyl (C=O) groups is 1. The van der Waals surface area contributed by atoms with Crippen LogP contribution in [0, 0.1) is 0 Å². The van der Waals surface area contributed by atoms with Gasteiger partial charge in [-0.1, -0.05) is 30.3 Å². The first-order chi connectivity index (χ1) is 11.3. The van der Waals surface area contributed by atoms with Gasteiger partial charge in [0, 0.05) is 17.8 Å². The van der Waals surface area contributed by atoms with E-state index >= 15 is 0 Å². The molecule has 0 saturated heterocycles. The molecule has 1 unspecified atom stereocenters. The number of anilines is 1. The van der Waals surface area contributed by atoms with Crippen LogP contribution in [0.2, 0.25) is 0 Å². The van der Waals surface area contributed by atoms with Crippen LogP contribution >= 0.6 is 0 Å². The Labute approximate surface area is 136 Å². The Morgan fingerprint density at radius 1 is 1.17 bits per heavy atom. The number of rotatable bonds is 5. The molecule has 3 N–H and O–H groups in total. The monoisotopic (exact) mass is 310 g/mol. The van der Waals surface area contributed by atoms with Crippen molar-refractivity contribution in [3.63, 3.8) is 0 Å². The number of hydrogen-bond acceptors (Lipinski definition) is 3. The highest BCUT2D eigenvalue weighted by Gasteiger charge is 2.19. The number of aliphatic hydroxyl groups excluding tert-OH is 1. The van der Waals surface area contributed by atoms with Crippen LogP contribution in [0.25, 0.3) is 0 Å². The number of aliphatic hydroxyl groups is 1. The molecule has 120 valence electrons. The minimum atomic E-state index is -0.160. The van der Waals surface area contributed by atoms with Gasteiger partial charge in [0.25, 0.3) is 5.91 Å². The molecule has 0 bridgehead atoms. The highest BCUT2D eigenvalue weighted by Crippen LogP contribution is 2.32. The van der Waals surface area contributed by atoms with Crippen LogP contribution in [-0.4, -0.2) is 24.2 Å². The zero-order valence-electron chi connectivity index (χ0n) is 13.1. The van der Waals surface area contributed by atoms with Crippen molar-refractivity contribution < 1.29 is 9.90 Å². The number of nitrogens with one attached hydrogen (secondary N) is 2. The summed E-state index contributed by atoms with van der Waals surface area (Å²) in [4.78, 5) is 12.0. The van der Waals surface area contributed by atoms with Crippen LogP contribution < -0.4 is 10.6 Å². The van der Waals surface area contributed by atoms with E-state index in [1.165, 1.54) is 17.5 Å². The van der Waals surface area contributed by atoms with Crippen molar-refractivity contribution in [1.29, 1.82) is 0 Å². The van der Waals surface area contributed by atoms with Crippen molar-refractivity contribution in [3.8, 4) is 0 Å². The van der Waals surface area contributed by atoms with Crippen LogP contribution in [0.15, 0.2) is 48.5 Å². The van der Waals surface area contributed by atoms with Crippen LogP contribution in [0.3, 0.4) is 0 Å². The molecule has 1 amide bonds. The maximum absolute atomic E-state index is 12.0. The van der Waals surface area contributed by atoms with Gasteiger partial charge in [0.05, 0.1) is 12.6 Å². The second kappa shape index (κ2) is 7.29. The van der Waals surface area contributed by atoms with E-state index in [4.69, 9.17) is 5.11 Å².